The number of hydrogen-bond donors (Lipinski definition) is 1. The van der Waals surface area contributed by atoms with Gasteiger partial charge in [0.2, 0.25) is 0 Å². The third-order valence-corrected chi connectivity index (χ3v) is 5.38. The molecule has 2 aliphatic rings. The van der Waals surface area contributed by atoms with Crippen molar-refractivity contribution < 1.29 is 4.79 Å². The number of aromatic nitrogens is 2. The number of rotatable bonds is 5. The van der Waals surface area contributed by atoms with E-state index in [1.807, 2.05) is 35.9 Å². The number of urea groups is 1. The highest BCUT2D eigenvalue weighted by molar-refractivity contribution is 5.88. The van der Waals surface area contributed by atoms with E-state index in [1.165, 1.54) is 12.8 Å². The van der Waals surface area contributed by atoms with Crippen molar-refractivity contribution in [1.82, 2.24) is 24.5 Å². The molecule has 2 atom stereocenters. The van der Waals surface area contributed by atoms with E-state index in [0.717, 1.165) is 32.6 Å². The van der Waals surface area contributed by atoms with Gasteiger partial charge in [-0.3, -0.25) is 14.9 Å². The highest BCUT2D eigenvalue weighted by atomic mass is 16.2. The summed E-state index contributed by atoms with van der Waals surface area (Å²) in [6, 6.07) is 3.53. The lowest BCUT2D eigenvalue weighted by Gasteiger charge is -2.32. The van der Waals surface area contributed by atoms with Crippen LogP contribution in [0.25, 0.3) is 0 Å². The van der Waals surface area contributed by atoms with Gasteiger partial charge < -0.3 is 9.80 Å². The predicted octanol–water partition coefficient (Wildman–Crippen LogP) is 1.92. The molecule has 3 heterocycles. The maximum absolute atomic E-state index is 12.7. The summed E-state index contributed by atoms with van der Waals surface area (Å²) >= 11 is 0. The van der Waals surface area contributed by atoms with E-state index in [1.54, 1.807) is 0 Å². The molecule has 2 amide bonds. The van der Waals surface area contributed by atoms with Crippen LogP contribution < -0.4 is 5.32 Å². The van der Waals surface area contributed by atoms with E-state index in [2.05, 4.69) is 34.1 Å². The van der Waals surface area contributed by atoms with Crippen LogP contribution in [0.15, 0.2) is 12.3 Å². The number of carbonyl (C=O) groups excluding carboxylic acids is 1. The Balaban J connectivity index is 1.57. The Bertz CT molecular complexity index is 584. The molecule has 0 saturated carbocycles. The van der Waals surface area contributed by atoms with Crippen LogP contribution in [0.4, 0.5) is 10.6 Å². The normalized spacial score (nSPS) is 24.2. The molecule has 3 rings (SSSR count). The Morgan fingerprint density at radius 1 is 1.32 bits per heavy atom. The smallest absolute Gasteiger partial charge is 0.323 e. The molecule has 0 unspecified atom stereocenters. The zero-order valence-corrected chi connectivity index (χ0v) is 16.0. The Hall–Kier alpha value is -1.60. The monoisotopic (exact) mass is 348 g/mol. The van der Waals surface area contributed by atoms with Gasteiger partial charge in [0.25, 0.3) is 0 Å². The van der Waals surface area contributed by atoms with Gasteiger partial charge in [-0.25, -0.2) is 4.79 Å². The van der Waals surface area contributed by atoms with Crippen molar-refractivity contribution in [3.8, 4) is 0 Å². The Morgan fingerprint density at radius 3 is 2.80 bits per heavy atom. The van der Waals surface area contributed by atoms with Crippen LogP contribution in [0.5, 0.6) is 0 Å². The molecule has 1 aromatic rings. The average molecular weight is 348 g/mol. The van der Waals surface area contributed by atoms with Crippen LogP contribution in [0.3, 0.4) is 0 Å². The first-order chi connectivity index (χ1) is 11.9. The Kier molecular flexibility index (Phi) is 5.64. The summed E-state index contributed by atoms with van der Waals surface area (Å²) in [6.45, 7) is 7.93. The summed E-state index contributed by atoms with van der Waals surface area (Å²) in [5.41, 5.74) is 0. The second-order valence-corrected chi connectivity index (χ2v) is 7.86. The molecule has 2 aliphatic heterocycles. The predicted molar refractivity (Wildman–Crippen MR) is 99.8 cm³/mol. The van der Waals surface area contributed by atoms with Crippen LogP contribution in [0, 0.1) is 0 Å². The van der Waals surface area contributed by atoms with Crippen LogP contribution in [0.2, 0.25) is 0 Å². The molecule has 0 aliphatic carbocycles. The lowest BCUT2D eigenvalue weighted by atomic mass is 10.1. The minimum absolute atomic E-state index is 0.0193. The molecule has 1 aromatic heterocycles. The van der Waals surface area contributed by atoms with E-state index in [0.29, 0.717) is 23.9 Å². The number of carbonyl (C=O) groups is 1. The summed E-state index contributed by atoms with van der Waals surface area (Å²) < 4.78 is 1.88. The number of likely N-dealkylation sites (N-methyl/N-ethyl adjacent to an activating group) is 1. The minimum atomic E-state index is -0.0193. The van der Waals surface area contributed by atoms with E-state index in [-0.39, 0.29) is 6.03 Å². The van der Waals surface area contributed by atoms with Gasteiger partial charge in [0.15, 0.2) is 5.82 Å². The molecule has 2 fully saturated rings. The fourth-order valence-electron chi connectivity index (χ4n) is 4.18. The highest BCUT2D eigenvalue weighted by Gasteiger charge is 2.39. The molecule has 2 saturated heterocycles. The van der Waals surface area contributed by atoms with Crippen LogP contribution >= 0.6 is 0 Å². The SMILES string of the molecule is CC(C)N1[C@H]2CC[C@H]1CN(C(=O)Nc1ccn(CCN(C)C)n1)CC2. The number of anilines is 1. The van der Waals surface area contributed by atoms with Crippen molar-refractivity contribution in [2.24, 2.45) is 0 Å². The van der Waals surface area contributed by atoms with Crippen LogP contribution in [0.1, 0.15) is 33.1 Å². The third-order valence-electron chi connectivity index (χ3n) is 5.38. The van der Waals surface area contributed by atoms with E-state index >= 15 is 0 Å². The summed E-state index contributed by atoms with van der Waals surface area (Å²) in [4.78, 5) is 19.4. The van der Waals surface area contributed by atoms with Gasteiger partial charge in [0, 0.05) is 50.0 Å². The average Bonchev–Trinajstić information content (AvgIpc) is 3.08. The van der Waals surface area contributed by atoms with Crippen molar-refractivity contribution in [2.45, 2.75) is 57.8 Å². The summed E-state index contributed by atoms with van der Waals surface area (Å²) in [6.07, 6.45) is 5.46. The molecular formula is C18H32N6O. The van der Waals surface area contributed by atoms with Crippen molar-refractivity contribution in [2.75, 3.05) is 39.0 Å². The van der Waals surface area contributed by atoms with Gasteiger partial charge in [-0.05, 0) is 47.2 Å². The highest BCUT2D eigenvalue weighted by Crippen LogP contribution is 2.32. The largest absolute Gasteiger partial charge is 0.323 e. The van der Waals surface area contributed by atoms with Crippen LogP contribution in [-0.2, 0) is 6.54 Å². The Morgan fingerprint density at radius 2 is 2.08 bits per heavy atom. The topological polar surface area (TPSA) is 56.6 Å². The van der Waals surface area contributed by atoms with Crippen molar-refractivity contribution in [3.05, 3.63) is 12.3 Å². The first-order valence-electron chi connectivity index (χ1n) is 9.45. The van der Waals surface area contributed by atoms with E-state index in [4.69, 9.17) is 0 Å². The fraction of sp³-hybridized carbons (Fsp3) is 0.778. The Labute approximate surface area is 150 Å². The van der Waals surface area contributed by atoms with Crippen molar-refractivity contribution >= 4 is 11.8 Å². The van der Waals surface area contributed by atoms with Gasteiger partial charge in [-0.15, -0.1) is 0 Å². The number of nitrogens with zero attached hydrogens (tertiary/aromatic N) is 5. The minimum Gasteiger partial charge on any atom is -0.323 e. The zero-order chi connectivity index (χ0) is 18.0. The summed E-state index contributed by atoms with van der Waals surface area (Å²) in [5, 5.41) is 7.43. The molecule has 2 bridgehead atoms. The van der Waals surface area contributed by atoms with Crippen molar-refractivity contribution in [3.63, 3.8) is 0 Å². The van der Waals surface area contributed by atoms with E-state index in [9.17, 15) is 4.79 Å². The van der Waals surface area contributed by atoms with E-state index < -0.39 is 0 Å². The number of fused-ring (bicyclic) bond motifs is 2. The maximum Gasteiger partial charge on any atom is 0.323 e. The van der Waals surface area contributed by atoms with Gasteiger partial charge in [0.05, 0.1) is 6.54 Å². The molecule has 140 valence electrons. The molecular weight excluding hydrogens is 316 g/mol. The summed E-state index contributed by atoms with van der Waals surface area (Å²) in [5.74, 6) is 0.638. The number of hydrogen-bond acceptors (Lipinski definition) is 4. The molecule has 1 N–H and O–H groups in total. The molecule has 7 nitrogen and oxygen atoms in total. The van der Waals surface area contributed by atoms with Gasteiger partial charge in [-0.1, -0.05) is 0 Å². The quantitative estimate of drug-likeness (QED) is 0.883. The molecule has 7 heteroatoms. The lowest BCUT2D eigenvalue weighted by molar-refractivity contribution is 0.149. The maximum atomic E-state index is 12.7. The second-order valence-electron chi connectivity index (χ2n) is 7.86. The summed E-state index contributed by atoms with van der Waals surface area (Å²) in [7, 11) is 4.08. The number of likely N-dealkylation sites (tertiary alicyclic amines) is 1. The van der Waals surface area contributed by atoms with Gasteiger partial charge >= 0.3 is 6.03 Å². The second kappa shape index (κ2) is 7.74. The first-order valence-corrected chi connectivity index (χ1v) is 9.45. The standard InChI is InChI=1S/C18H32N6O/c1-14(2)24-15-5-6-16(24)13-22(9-7-15)18(25)19-17-8-10-23(20-17)12-11-21(3)4/h8,10,14-16H,5-7,9,11-13H2,1-4H3,(H,19,20,25)/t15-,16-/m0/s1. The third kappa shape index (κ3) is 4.33. The molecule has 0 radical (unpaired) electrons. The van der Waals surface area contributed by atoms with Gasteiger partial charge in [-0.2, -0.15) is 5.10 Å². The number of amides is 2. The molecule has 0 spiro atoms. The zero-order valence-electron chi connectivity index (χ0n) is 16.0. The fourth-order valence-corrected chi connectivity index (χ4v) is 4.18. The van der Waals surface area contributed by atoms with Crippen LogP contribution in [-0.4, -0.2) is 82.4 Å². The number of nitrogens with one attached hydrogen (secondary N) is 1. The van der Waals surface area contributed by atoms with Gasteiger partial charge in [0.1, 0.15) is 0 Å². The molecule has 0 aromatic carbocycles. The first kappa shape index (κ1) is 18.2. The lowest BCUT2D eigenvalue weighted by Crippen LogP contribution is -2.45. The van der Waals surface area contributed by atoms with Crippen molar-refractivity contribution in [1.29, 1.82) is 0 Å². The molecule has 25 heavy (non-hydrogen) atoms.